The molecule has 0 aliphatic heterocycles. The summed E-state index contributed by atoms with van der Waals surface area (Å²) in [4.78, 5) is 34.8. The van der Waals surface area contributed by atoms with E-state index in [-0.39, 0.29) is 18.9 Å². The lowest BCUT2D eigenvalue weighted by Crippen LogP contribution is -2.49. The molecule has 0 radical (unpaired) electrons. The molecule has 0 spiro atoms. The summed E-state index contributed by atoms with van der Waals surface area (Å²) in [7, 11) is 1.64. The lowest BCUT2D eigenvalue weighted by atomic mass is 10.1. The van der Waals surface area contributed by atoms with Crippen LogP contribution in [-0.2, 0) is 9.59 Å². The second-order valence-electron chi connectivity index (χ2n) is 4.82. The van der Waals surface area contributed by atoms with Crippen molar-refractivity contribution in [2.45, 2.75) is 50.6 Å². The molecule has 0 aromatic rings. The number of carbonyl (C=O) groups is 3. The van der Waals surface area contributed by atoms with E-state index in [0.29, 0.717) is 0 Å². The third-order valence-electron chi connectivity index (χ3n) is 3.44. The van der Waals surface area contributed by atoms with Crippen molar-refractivity contribution in [3.05, 3.63) is 0 Å². The highest BCUT2D eigenvalue weighted by atomic mass is 16.4. The van der Waals surface area contributed by atoms with Crippen molar-refractivity contribution < 1.29 is 24.6 Å². The number of aliphatic carboxylic acids is 2. The smallest absolute Gasteiger partial charge is 0.326 e. The van der Waals surface area contributed by atoms with Gasteiger partial charge in [-0.3, -0.25) is 4.79 Å². The topological polar surface area (TPSA) is 107 Å². The lowest BCUT2D eigenvalue weighted by molar-refractivity contribution is -0.140. The number of carboxylic acids is 2. The number of hydrogen-bond donors (Lipinski definition) is 3. The number of carbonyl (C=O) groups excluding carboxylic acids is 1. The number of nitrogens with zero attached hydrogens (tertiary/aromatic N) is 1. The monoisotopic (exact) mass is 272 g/mol. The average molecular weight is 272 g/mol. The minimum Gasteiger partial charge on any atom is -0.481 e. The molecule has 1 fully saturated rings. The summed E-state index contributed by atoms with van der Waals surface area (Å²) in [5.74, 6) is -2.29. The second-order valence-corrected chi connectivity index (χ2v) is 4.82. The zero-order chi connectivity index (χ0) is 14.4. The van der Waals surface area contributed by atoms with E-state index in [1.54, 1.807) is 7.05 Å². The first kappa shape index (κ1) is 15.3. The first-order valence-corrected chi connectivity index (χ1v) is 6.39. The van der Waals surface area contributed by atoms with Crippen LogP contribution in [0.2, 0.25) is 0 Å². The Bertz CT molecular complexity index is 352. The highest BCUT2D eigenvalue weighted by Gasteiger charge is 2.27. The molecular weight excluding hydrogens is 252 g/mol. The van der Waals surface area contributed by atoms with Crippen LogP contribution in [0.4, 0.5) is 4.79 Å². The van der Waals surface area contributed by atoms with Crippen LogP contribution in [0.15, 0.2) is 0 Å². The van der Waals surface area contributed by atoms with Gasteiger partial charge in [0.15, 0.2) is 0 Å². The van der Waals surface area contributed by atoms with E-state index in [0.717, 1.165) is 25.7 Å². The van der Waals surface area contributed by atoms with Crippen LogP contribution >= 0.6 is 0 Å². The molecule has 108 valence electrons. The van der Waals surface area contributed by atoms with E-state index < -0.39 is 24.0 Å². The molecule has 1 aliphatic rings. The van der Waals surface area contributed by atoms with Crippen LogP contribution < -0.4 is 5.32 Å². The molecule has 3 N–H and O–H groups in total. The summed E-state index contributed by atoms with van der Waals surface area (Å²) in [6.07, 6.45) is 3.60. The van der Waals surface area contributed by atoms with Crippen molar-refractivity contribution in [1.29, 1.82) is 0 Å². The zero-order valence-electron chi connectivity index (χ0n) is 11.0. The fourth-order valence-corrected chi connectivity index (χ4v) is 2.23. The molecule has 0 aromatic heterocycles. The summed E-state index contributed by atoms with van der Waals surface area (Å²) in [5.41, 5.74) is 0. The number of urea groups is 1. The first-order chi connectivity index (χ1) is 8.91. The molecule has 2 amide bonds. The van der Waals surface area contributed by atoms with Gasteiger partial charge in [0.1, 0.15) is 6.04 Å². The normalized spacial score (nSPS) is 16.9. The maximum Gasteiger partial charge on any atom is 0.326 e. The van der Waals surface area contributed by atoms with Crippen LogP contribution in [0.25, 0.3) is 0 Å². The number of carboxylic acid groups (broad SMARTS) is 2. The molecule has 1 rings (SSSR count). The quantitative estimate of drug-likeness (QED) is 0.665. The summed E-state index contributed by atoms with van der Waals surface area (Å²) >= 11 is 0. The summed E-state index contributed by atoms with van der Waals surface area (Å²) < 4.78 is 0. The Morgan fingerprint density at radius 2 is 1.84 bits per heavy atom. The average Bonchev–Trinajstić information content (AvgIpc) is 2.86. The standard InChI is InChI=1S/C12H20N2O5/c1-14(8-4-2-3-5-8)12(19)13-9(11(17)18)6-7-10(15)16/h8-9H,2-7H2,1H3,(H,13,19)(H,15,16)(H,17,18)/t9-/m0/s1. The Morgan fingerprint density at radius 3 is 2.32 bits per heavy atom. The molecule has 19 heavy (non-hydrogen) atoms. The first-order valence-electron chi connectivity index (χ1n) is 6.39. The van der Waals surface area contributed by atoms with Gasteiger partial charge < -0.3 is 20.4 Å². The third-order valence-corrected chi connectivity index (χ3v) is 3.44. The van der Waals surface area contributed by atoms with E-state index in [1.807, 2.05) is 0 Å². The molecule has 7 heteroatoms. The van der Waals surface area contributed by atoms with Crippen LogP contribution in [0.1, 0.15) is 38.5 Å². The number of hydrogen-bond acceptors (Lipinski definition) is 3. The molecule has 0 heterocycles. The van der Waals surface area contributed by atoms with E-state index >= 15 is 0 Å². The van der Waals surface area contributed by atoms with Gasteiger partial charge in [0.2, 0.25) is 0 Å². The number of rotatable bonds is 6. The van der Waals surface area contributed by atoms with Crippen molar-refractivity contribution in [3.8, 4) is 0 Å². The van der Waals surface area contributed by atoms with Crippen LogP contribution in [0, 0.1) is 0 Å². The second kappa shape index (κ2) is 6.96. The van der Waals surface area contributed by atoms with Crippen molar-refractivity contribution in [3.63, 3.8) is 0 Å². The summed E-state index contributed by atoms with van der Waals surface area (Å²) in [5, 5.41) is 19.9. The molecule has 0 bridgehead atoms. The van der Waals surface area contributed by atoms with Gasteiger partial charge in [0, 0.05) is 19.5 Å². The molecule has 0 aromatic carbocycles. The maximum absolute atomic E-state index is 11.9. The molecule has 7 nitrogen and oxygen atoms in total. The summed E-state index contributed by atoms with van der Waals surface area (Å²) in [6, 6.07) is -1.47. The van der Waals surface area contributed by atoms with Crippen molar-refractivity contribution in [2.75, 3.05) is 7.05 Å². The number of amides is 2. The van der Waals surface area contributed by atoms with Crippen molar-refractivity contribution in [1.82, 2.24) is 10.2 Å². The molecule has 1 atom stereocenters. The van der Waals surface area contributed by atoms with Gasteiger partial charge in [-0.2, -0.15) is 0 Å². The van der Waals surface area contributed by atoms with Gasteiger partial charge in [-0.15, -0.1) is 0 Å². The molecule has 0 saturated heterocycles. The molecule has 1 aliphatic carbocycles. The predicted molar refractivity (Wildman–Crippen MR) is 66.8 cm³/mol. The van der Waals surface area contributed by atoms with Gasteiger partial charge in [-0.05, 0) is 19.3 Å². The Balaban J connectivity index is 2.50. The summed E-state index contributed by atoms with van der Waals surface area (Å²) in [6.45, 7) is 0. The maximum atomic E-state index is 11.9. The largest absolute Gasteiger partial charge is 0.481 e. The van der Waals surface area contributed by atoms with Crippen molar-refractivity contribution in [2.24, 2.45) is 0 Å². The lowest BCUT2D eigenvalue weighted by Gasteiger charge is -2.26. The Hall–Kier alpha value is -1.79. The van der Waals surface area contributed by atoms with E-state index in [2.05, 4.69) is 5.32 Å². The third kappa shape index (κ3) is 4.76. The van der Waals surface area contributed by atoms with Gasteiger partial charge in [0.05, 0.1) is 0 Å². The van der Waals surface area contributed by atoms with Gasteiger partial charge in [-0.25, -0.2) is 9.59 Å². The minimum absolute atomic E-state index is 0.116. The predicted octanol–water partition coefficient (Wildman–Crippen LogP) is 0.888. The molecular formula is C12H20N2O5. The van der Waals surface area contributed by atoms with Gasteiger partial charge in [-0.1, -0.05) is 12.8 Å². The minimum atomic E-state index is -1.21. The van der Waals surface area contributed by atoms with E-state index in [1.165, 1.54) is 4.90 Å². The highest BCUT2D eigenvalue weighted by Crippen LogP contribution is 2.22. The SMILES string of the molecule is CN(C(=O)N[C@@H](CCC(=O)O)C(=O)O)C1CCCC1. The van der Waals surface area contributed by atoms with Crippen molar-refractivity contribution >= 4 is 18.0 Å². The Morgan fingerprint density at radius 1 is 1.26 bits per heavy atom. The number of nitrogens with one attached hydrogen (secondary N) is 1. The highest BCUT2D eigenvalue weighted by molar-refractivity contribution is 5.83. The fourth-order valence-electron chi connectivity index (χ4n) is 2.23. The van der Waals surface area contributed by atoms with E-state index in [4.69, 9.17) is 10.2 Å². The van der Waals surface area contributed by atoms with Crippen LogP contribution in [-0.4, -0.2) is 52.2 Å². The van der Waals surface area contributed by atoms with Crippen LogP contribution in [0.5, 0.6) is 0 Å². The fraction of sp³-hybridized carbons (Fsp3) is 0.750. The van der Waals surface area contributed by atoms with E-state index in [9.17, 15) is 14.4 Å². The Labute approximate surface area is 111 Å². The van der Waals surface area contributed by atoms with Gasteiger partial charge >= 0.3 is 18.0 Å². The Kier molecular flexibility index (Phi) is 5.59. The zero-order valence-corrected chi connectivity index (χ0v) is 11.0. The van der Waals surface area contributed by atoms with Crippen LogP contribution in [0.3, 0.4) is 0 Å². The molecule has 0 unspecified atom stereocenters. The molecule has 1 saturated carbocycles. The van der Waals surface area contributed by atoms with Gasteiger partial charge in [0.25, 0.3) is 0 Å².